The number of phenols is 1. The predicted molar refractivity (Wildman–Crippen MR) is 93.7 cm³/mol. The molecule has 2 aliphatic rings. The maximum Gasteiger partial charge on any atom is 0.231 e. The van der Waals surface area contributed by atoms with E-state index in [4.69, 9.17) is 18.9 Å². The first-order valence-corrected chi connectivity index (χ1v) is 8.67. The van der Waals surface area contributed by atoms with Crippen LogP contribution in [0.2, 0.25) is 0 Å². The molecule has 3 unspecified atom stereocenters. The van der Waals surface area contributed by atoms with Gasteiger partial charge in [-0.25, -0.2) is 0 Å². The van der Waals surface area contributed by atoms with E-state index in [0.29, 0.717) is 12.4 Å². The quantitative estimate of drug-likeness (QED) is 0.856. The van der Waals surface area contributed by atoms with Crippen LogP contribution in [0.4, 0.5) is 0 Å². The Bertz CT molecular complexity index is 790. The van der Waals surface area contributed by atoms with E-state index < -0.39 is 0 Å². The Morgan fingerprint density at radius 3 is 2.77 bits per heavy atom. The molecule has 138 valence electrons. The molecular formula is C20H22O6. The number of methoxy groups -OCH3 is 1. The van der Waals surface area contributed by atoms with Gasteiger partial charge in [-0.1, -0.05) is 12.1 Å². The Hall–Kier alpha value is -2.44. The van der Waals surface area contributed by atoms with Crippen molar-refractivity contribution in [2.75, 3.05) is 27.1 Å². The SMILES string of the molecule is COc1cc(C2OCC(Cc3ccc4c(c3)OCO4)C2CO)ccc1O. The summed E-state index contributed by atoms with van der Waals surface area (Å²) in [6.45, 7) is 0.853. The minimum absolute atomic E-state index is 0.0308. The van der Waals surface area contributed by atoms with E-state index in [2.05, 4.69) is 0 Å². The van der Waals surface area contributed by atoms with E-state index in [1.165, 1.54) is 7.11 Å². The maximum absolute atomic E-state index is 9.98. The largest absolute Gasteiger partial charge is 0.504 e. The third-order valence-electron chi connectivity index (χ3n) is 5.16. The van der Waals surface area contributed by atoms with Crippen LogP contribution in [0.3, 0.4) is 0 Å². The second-order valence-corrected chi connectivity index (χ2v) is 6.68. The average molecular weight is 358 g/mol. The Labute approximate surface area is 151 Å². The molecule has 1 fully saturated rings. The van der Waals surface area contributed by atoms with Crippen molar-refractivity contribution in [2.45, 2.75) is 12.5 Å². The number of ether oxygens (including phenoxy) is 4. The third-order valence-corrected chi connectivity index (χ3v) is 5.16. The van der Waals surface area contributed by atoms with Gasteiger partial charge in [-0.15, -0.1) is 0 Å². The number of hydrogen-bond acceptors (Lipinski definition) is 6. The number of aliphatic hydroxyl groups is 1. The zero-order valence-corrected chi connectivity index (χ0v) is 14.6. The van der Waals surface area contributed by atoms with Gasteiger partial charge >= 0.3 is 0 Å². The summed E-state index contributed by atoms with van der Waals surface area (Å²) in [5, 5.41) is 19.8. The summed E-state index contributed by atoms with van der Waals surface area (Å²) >= 11 is 0. The lowest BCUT2D eigenvalue weighted by molar-refractivity contribution is 0.0717. The van der Waals surface area contributed by atoms with E-state index in [-0.39, 0.29) is 37.1 Å². The third kappa shape index (κ3) is 3.06. The first-order chi connectivity index (χ1) is 12.7. The molecule has 0 aromatic heterocycles. The molecule has 1 saturated heterocycles. The Morgan fingerprint density at radius 1 is 1.12 bits per heavy atom. The van der Waals surface area contributed by atoms with Crippen LogP contribution in [0.1, 0.15) is 17.2 Å². The second-order valence-electron chi connectivity index (χ2n) is 6.68. The molecule has 2 heterocycles. The van der Waals surface area contributed by atoms with E-state index in [9.17, 15) is 10.2 Å². The molecule has 2 aromatic rings. The molecule has 0 radical (unpaired) electrons. The average Bonchev–Trinajstić information content (AvgIpc) is 3.28. The van der Waals surface area contributed by atoms with Crippen LogP contribution in [0.5, 0.6) is 23.0 Å². The Kier molecular flexibility index (Phi) is 4.61. The summed E-state index contributed by atoms with van der Waals surface area (Å²) in [6, 6.07) is 11.1. The molecule has 0 spiro atoms. The van der Waals surface area contributed by atoms with Crippen molar-refractivity contribution in [1.82, 2.24) is 0 Å². The van der Waals surface area contributed by atoms with Gasteiger partial charge < -0.3 is 29.2 Å². The van der Waals surface area contributed by atoms with Gasteiger partial charge in [-0.3, -0.25) is 0 Å². The van der Waals surface area contributed by atoms with Gasteiger partial charge in [0.05, 0.1) is 19.8 Å². The molecule has 2 aromatic carbocycles. The predicted octanol–water partition coefficient (Wildman–Crippen LogP) is 2.67. The fourth-order valence-electron chi connectivity index (χ4n) is 3.76. The lowest BCUT2D eigenvalue weighted by atomic mass is 9.84. The van der Waals surface area contributed by atoms with Gasteiger partial charge in [0.2, 0.25) is 6.79 Å². The van der Waals surface area contributed by atoms with Crippen LogP contribution in [-0.4, -0.2) is 37.3 Å². The first kappa shape index (κ1) is 17.0. The zero-order chi connectivity index (χ0) is 18.1. The molecule has 0 saturated carbocycles. The number of aromatic hydroxyl groups is 1. The van der Waals surface area contributed by atoms with E-state index in [0.717, 1.165) is 29.0 Å². The lowest BCUT2D eigenvalue weighted by Crippen LogP contribution is -2.21. The maximum atomic E-state index is 9.98. The topological polar surface area (TPSA) is 77.4 Å². The molecule has 0 aliphatic carbocycles. The number of benzene rings is 2. The summed E-state index contributed by atoms with van der Waals surface area (Å²) in [5.74, 6) is 2.18. The number of fused-ring (bicyclic) bond motifs is 1. The minimum Gasteiger partial charge on any atom is -0.504 e. The molecule has 4 rings (SSSR count). The summed E-state index contributed by atoms with van der Waals surface area (Å²) in [4.78, 5) is 0. The van der Waals surface area contributed by atoms with E-state index >= 15 is 0 Å². The zero-order valence-electron chi connectivity index (χ0n) is 14.6. The highest BCUT2D eigenvalue weighted by Gasteiger charge is 2.38. The highest BCUT2D eigenvalue weighted by molar-refractivity contribution is 5.45. The van der Waals surface area contributed by atoms with Gasteiger partial charge in [0, 0.05) is 12.5 Å². The molecule has 2 aliphatic heterocycles. The van der Waals surface area contributed by atoms with Gasteiger partial charge in [-0.2, -0.15) is 0 Å². The van der Waals surface area contributed by atoms with Crippen LogP contribution < -0.4 is 14.2 Å². The van der Waals surface area contributed by atoms with E-state index in [1.807, 2.05) is 24.3 Å². The monoisotopic (exact) mass is 358 g/mol. The van der Waals surface area contributed by atoms with Crippen LogP contribution in [0, 0.1) is 11.8 Å². The van der Waals surface area contributed by atoms with Gasteiger partial charge in [0.1, 0.15) is 0 Å². The normalized spacial score (nSPS) is 24.0. The Morgan fingerprint density at radius 2 is 1.96 bits per heavy atom. The molecule has 26 heavy (non-hydrogen) atoms. The van der Waals surface area contributed by atoms with Gasteiger partial charge in [-0.05, 0) is 47.7 Å². The van der Waals surface area contributed by atoms with E-state index in [1.54, 1.807) is 12.1 Å². The number of hydrogen-bond donors (Lipinski definition) is 2. The minimum atomic E-state index is -0.228. The molecule has 0 bridgehead atoms. The standard InChI is InChI=1S/C20H22O6/c1-23-18-8-13(3-4-16(18)22)20-15(9-21)14(10-24-20)6-12-2-5-17-19(7-12)26-11-25-17/h2-5,7-8,14-15,20-22H,6,9-11H2,1H3. The molecule has 6 heteroatoms. The summed E-state index contributed by atoms with van der Waals surface area (Å²) in [5.41, 5.74) is 2.03. The number of rotatable bonds is 5. The molecule has 3 atom stereocenters. The summed E-state index contributed by atoms with van der Waals surface area (Å²) in [7, 11) is 1.51. The van der Waals surface area contributed by atoms with Crippen molar-refractivity contribution in [2.24, 2.45) is 11.8 Å². The molecule has 0 amide bonds. The molecular weight excluding hydrogens is 336 g/mol. The number of phenolic OH excluding ortho intramolecular Hbond substituents is 1. The summed E-state index contributed by atoms with van der Waals surface area (Å²) < 4.78 is 22.0. The highest BCUT2D eigenvalue weighted by atomic mass is 16.7. The smallest absolute Gasteiger partial charge is 0.231 e. The fourth-order valence-corrected chi connectivity index (χ4v) is 3.76. The van der Waals surface area contributed by atoms with Crippen molar-refractivity contribution in [3.63, 3.8) is 0 Å². The molecule has 6 nitrogen and oxygen atoms in total. The fraction of sp³-hybridized carbons (Fsp3) is 0.400. The van der Waals surface area contributed by atoms with Crippen LogP contribution in [-0.2, 0) is 11.2 Å². The summed E-state index contributed by atoms with van der Waals surface area (Å²) in [6.07, 6.45) is 0.557. The van der Waals surface area contributed by atoms with Crippen LogP contribution in [0.15, 0.2) is 36.4 Å². The van der Waals surface area contributed by atoms with Gasteiger partial charge in [0.25, 0.3) is 0 Å². The van der Waals surface area contributed by atoms with Crippen molar-refractivity contribution < 1.29 is 29.2 Å². The lowest BCUT2D eigenvalue weighted by Gasteiger charge is -2.21. The Balaban J connectivity index is 1.52. The van der Waals surface area contributed by atoms with Crippen molar-refractivity contribution in [3.05, 3.63) is 47.5 Å². The second kappa shape index (κ2) is 7.05. The van der Waals surface area contributed by atoms with Crippen molar-refractivity contribution >= 4 is 0 Å². The number of aliphatic hydroxyl groups excluding tert-OH is 1. The van der Waals surface area contributed by atoms with Crippen molar-refractivity contribution in [1.29, 1.82) is 0 Å². The van der Waals surface area contributed by atoms with Crippen LogP contribution >= 0.6 is 0 Å². The first-order valence-electron chi connectivity index (χ1n) is 8.67. The highest BCUT2D eigenvalue weighted by Crippen LogP contribution is 2.42. The van der Waals surface area contributed by atoms with Gasteiger partial charge in [0.15, 0.2) is 23.0 Å². The van der Waals surface area contributed by atoms with Crippen molar-refractivity contribution in [3.8, 4) is 23.0 Å². The molecule has 2 N–H and O–H groups in total. The van der Waals surface area contributed by atoms with Crippen LogP contribution in [0.25, 0.3) is 0 Å².